The van der Waals surface area contributed by atoms with Crippen molar-refractivity contribution < 1.29 is 18.3 Å². The summed E-state index contributed by atoms with van der Waals surface area (Å²) in [6.07, 6.45) is 7.88. The van der Waals surface area contributed by atoms with E-state index in [2.05, 4.69) is 15.1 Å². The van der Waals surface area contributed by atoms with Crippen molar-refractivity contribution in [1.29, 1.82) is 0 Å². The highest BCUT2D eigenvalue weighted by molar-refractivity contribution is 5.42. The fourth-order valence-corrected chi connectivity index (χ4v) is 3.42. The summed E-state index contributed by atoms with van der Waals surface area (Å²) in [6, 6.07) is 3.62. The molecule has 0 spiro atoms. The summed E-state index contributed by atoms with van der Waals surface area (Å²) in [6.45, 7) is 4.26. The third kappa shape index (κ3) is 4.48. The van der Waals surface area contributed by atoms with Crippen molar-refractivity contribution in [2.24, 2.45) is 0 Å². The van der Waals surface area contributed by atoms with Crippen LogP contribution in [0, 0.1) is 0 Å². The molecule has 0 N–H and O–H groups in total. The van der Waals surface area contributed by atoms with Crippen LogP contribution in [-0.4, -0.2) is 53.6 Å². The van der Waals surface area contributed by atoms with Crippen LogP contribution in [0.25, 0.3) is 11.7 Å². The normalized spacial score (nSPS) is 23.1. The summed E-state index contributed by atoms with van der Waals surface area (Å²) < 4.78 is 22.7. The average Bonchev–Trinajstić information content (AvgIpc) is 3.34. The zero-order chi connectivity index (χ0) is 16.9. The Kier molecular flexibility index (Phi) is 5.44. The lowest BCUT2D eigenvalue weighted by Gasteiger charge is -2.32. The highest BCUT2D eigenvalue weighted by Gasteiger charge is 2.23. The molecule has 1 unspecified atom stereocenters. The van der Waals surface area contributed by atoms with Crippen molar-refractivity contribution in [3.63, 3.8) is 0 Å². The molecule has 2 aromatic heterocycles. The second kappa shape index (κ2) is 8.12. The van der Waals surface area contributed by atoms with Gasteiger partial charge in [0, 0.05) is 19.7 Å². The molecule has 7 heteroatoms. The van der Waals surface area contributed by atoms with Crippen molar-refractivity contribution in [3.05, 3.63) is 24.3 Å². The van der Waals surface area contributed by atoms with Gasteiger partial charge >= 0.3 is 0 Å². The Balaban J connectivity index is 1.20. The number of hydrogen-bond donors (Lipinski definition) is 0. The minimum atomic E-state index is 0.296. The molecule has 4 heterocycles. The van der Waals surface area contributed by atoms with Crippen molar-refractivity contribution in [2.75, 3.05) is 26.3 Å². The van der Waals surface area contributed by atoms with Gasteiger partial charge in [0.25, 0.3) is 5.89 Å². The van der Waals surface area contributed by atoms with Crippen LogP contribution in [0.15, 0.2) is 27.2 Å². The monoisotopic (exact) mass is 347 g/mol. The first-order valence-electron chi connectivity index (χ1n) is 9.18. The number of hydrogen-bond acceptors (Lipinski definition) is 7. The predicted octanol–water partition coefficient (Wildman–Crippen LogP) is 2.88. The van der Waals surface area contributed by atoms with E-state index in [9.17, 15) is 0 Å². The van der Waals surface area contributed by atoms with Crippen LogP contribution in [0.3, 0.4) is 0 Å². The van der Waals surface area contributed by atoms with E-state index in [1.54, 1.807) is 6.26 Å². The third-order valence-electron chi connectivity index (χ3n) is 4.88. The first-order valence-corrected chi connectivity index (χ1v) is 9.18. The average molecular weight is 347 g/mol. The summed E-state index contributed by atoms with van der Waals surface area (Å²) in [5.41, 5.74) is 0. The number of likely N-dealkylation sites (tertiary alicyclic amines) is 1. The van der Waals surface area contributed by atoms with Crippen molar-refractivity contribution in [2.45, 2.75) is 50.9 Å². The first-order chi connectivity index (χ1) is 12.4. The van der Waals surface area contributed by atoms with Gasteiger partial charge in [0.15, 0.2) is 5.76 Å². The topological polar surface area (TPSA) is 73.8 Å². The minimum Gasteiger partial charge on any atom is -0.459 e. The van der Waals surface area contributed by atoms with Crippen LogP contribution in [0.4, 0.5) is 0 Å². The van der Waals surface area contributed by atoms with Crippen molar-refractivity contribution in [3.8, 4) is 11.7 Å². The SMILES string of the molecule is c1coc(-c2nnc(CN3CCC(OCC4CCCCO4)CC3)o2)c1. The van der Waals surface area contributed by atoms with Crippen LogP contribution in [0.2, 0.25) is 0 Å². The summed E-state index contributed by atoms with van der Waals surface area (Å²) in [7, 11) is 0. The molecule has 2 saturated heterocycles. The standard InChI is InChI=1S/C18H25N3O4/c1-2-10-22-15(4-1)13-24-14-6-8-21(9-7-14)12-17-19-20-18(25-17)16-5-3-11-23-16/h3,5,11,14-15H,1-2,4,6-10,12-13H2. The fraction of sp³-hybridized carbons (Fsp3) is 0.667. The molecule has 0 bridgehead atoms. The van der Waals surface area contributed by atoms with Gasteiger partial charge in [0.2, 0.25) is 5.89 Å². The van der Waals surface area contributed by atoms with E-state index >= 15 is 0 Å². The van der Waals surface area contributed by atoms with E-state index in [-0.39, 0.29) is 0 Å². The highest BCUT2D eigenvalue weighted by Crippen LogP contribution is 2.21. The van der Waals surface area contributed by atoms with Gasteiger partial charge in [-0.15, -0.1) is 10.2 Å². The number of aromatic nitrogens is 2. The molecule has 2 aromatic rings. The van der Waals surface area contributed by atoms with Gasteiger partial charge in [-0.2, -0.15) is 0 Å². The molecule has 0 aliphatic carbocycles. The zero-order valence-corrected chi connectivity index (χ0v) is 14.4. The quantitative estimate of drug-likeness (QED) is 0.795. The maximum absolute atomic E-state index is 6.06. The van der Waals surface area contributed by atoms with E-state index in [0.717, 1.165) is 45.6 Å². The molecular weight excluding hydrogens is 322 g/mol. The summed E-state index contributed by atoms with van der Waals surface area (Å²) in [5, 5.41) is 8.16. The molecule has 0 aromatic carbocycles. The molecule has 2 aliphatic heterocycles. The maximum atomic E-state index is 6.06. The molecule has 2 aliphatic rings. The molecule has 2 fully saturated rings. The third-order valence-corrected chi connectivity index (χ3v) is 4.88. The van der Waals surface area contributed by atoms with E-state index in [0.29, 0.717) is 36.3 Å². The summed E-state index contributed by atoms with van der Waals surface area (Å²) in [4.78, 5) is 2.33. The molecule has 0 radical (unpaired) electrons. The van der Waals surface area contributed by atoms with Crippen LogP contribution in [0.1, 0.15) is 38.0 Å². The molecule has 136 valence electrons. The predicted molar refractivity (Wildman–Crippen MR) is 89.8 cm³/mol. The van der Waals surface area contributed by atoms with Gasteiger partial charge in [0.05, 0.1) is 31.6 Å². The smallest absolute Gasteiger partial charge is 0.283 e. The molecule has 0 amide bonds. The molecule has 1 atom stereocenters. The number of ether oxygens (including phenoxy) is 2. The van der Waals surface area contributed by atoms with Crippen LogP contribution in [0.5, 0.6) is 0 Å². The fourth-order valence-electron chi connectivity index (χ4n) is 3.42. The second-order valence-electron chi connectivity index (χ2n) is 6.78. The molecule has 0 saturated carbocycles. The summed E-state index contributed by atoms with van der Waals surface area (Å²) >= 11 is 0. The second-order valence-corrected chi connectivity index (χ2v) is 6.78. The van der Waals surface area contributed by atoms with Gasteiger partial charge in [-0.25, -0.2) is 0 Å². The lowest BCUT2D eigenvalue weighted by Crippen LogP contribution is -2.38. The highest BCUT2D eigenvalue weighted by atomic mass is 16.5. The Morgan fingerprint density at radius 1 is 1.16 bits per heavy atom. The lowest BCUT2D eigenvalue weighted by molar-refractivity contribution is -0.0756. The van der Waals surface area contributed by atoms with E-state index in [1.165, 1.54) is 12.8 Å². The van der Waals surface area contributed by atoms with Crippen LogP contribution < -0.4 is 0 Å². The van der Waals surface area contributed by atoms with Crippen molar-refractivity contribution in [1.82, 2.24) is 15.1 Å². The number of nitrogens with zero attached hydrogens (tertiary/aromatic N) is 3. The first kappa shape index (κ1) is 16.8. The van der Waals surface area contributed by atoms with Gasteiger partial charge in [-0.1, -0.05) is 0 Å². The molecule has 4 rings (SSSR count). The van der Waals surface area contributed by atoms with Crippen LogP contribution >= 0.6 is 0 Å². The lowest BCUT2D eigenvalue weighted by atomic mass is 10.1. The number of rotatable bonds is 6. The van der Waals surface area contributed by atoms with E-state index in [1.807, 2.05) is 12.1 Å². The summed E-state index contributed by atoms with van der Waals surface area (Å²) in [5.74, 6) is 1.67. The van der Waals surface area contributed by atoms with Gasteiger partial charge in [-0.05, 0) is 44.2 Å². The molecule has 25 heavy (non-hydrogen) atoms. The van der Waals surface area contributed by atoms with E-state index in [4.69, 9.17) is 18.3 Å². The van der Waals surface area contributed by atoms with Gasteiger partial charge in [0.1, 0.15) is 0 Å². The van der Waals surface area contributed by atoms with Crippen molar-refractivity contribution >= 4 is 0 Å². The zero-order valence-electron chi connectivity index (χ0n) is 14.4. The Morgan fingerprint density at radius 3 is 2.84 bits per heavy atom. The largest absolute Gasteiger partial charge is 0.459 e. The Morgan fingerprint density at radius 2 is 2.08 bits per heavy atom. The Hall–Kier alpha value is -1.70. The maximum Gasteiger partial charge on any atom is 0.283 e. The number of piperidine rings is 1. The van der Waals surface area contributed by atoms with Crippen LogP contribution in [-0.2, 0) is 16.0 Å². The molecular formula is C18H25N3O4. The molecule has 7 nitrogen and oxygen atoms in total. The minimum absolute atomic E-state index is 0.296. The Labute approximate surface area is 147 Å². The van der Waals surface area contributed by atoms with Gasteiger partial charge < -0.3 is 18.3 Å². The van der Waals surface area contributed by atoms with Gasteiger partial charge in [-0.3, -0.25) is 4.90 Å². The Bertz CT molecular complexity index is 629. The number of furan rings is 1. The van der Waals surface area contributed by atoms with E-state index < -0.39 is 0 Å².